The van der Waals surface area contributed by atoms with Crippen molar-refractivity contribution in [2.24, 2.45) is 11.8 Å². The Hall–Kier alpha value is 0.660. The van der Waals surface area contributed by atoms with Crippen molar-refractivity contribution >= 4 is 16.4 Å². The van der Waals surface area contributed by atoms with Gasteiger partial charge in [0.25, 0.3) is 0 Å². The summed E-state index contributed by atoms with van der Waals surface area (Å²) < 4.78 is 14.9. The molecule has 1 unspecified atom stereocenters. The molecule has 4 rings (SSSR count). The highest BCUT2D eigenvalue weighted by atomic mass is 31.2. The predicted molar refractivity (Wildman–Crippen MR) is 136 cm³/mol. The minimum Gasteiger partial charge on any atom is -0.323 e. The minimum atomic E-state index is -2.08. The molecule has 1 atom stereocenters. The molecule has 3 heteroatoms. The summed E-state index contributed by atoms with van der Waals surface area (Å²) in [6.07, 6.45) is 30.1. The van der Waals surface area contributed by atoms with Gasteiger partial charge in [-0.15, -0.1) is 9.24 Å². The first kappa shape index (κ1) is 23.8. The van der Waals surface area contributed by atoms with Crippen LogP contribution in [0.3, 0.4) is 0 Å². The van der Waals surface area contributed by atoms with E-state index in [1.165, 1.54) is 135 Å². The highest BCUT2D eigenvalue weighted by Crippen LogP contribution is 2.65. The van der Waals surface area contributed by atoms with Crippen molar-refractivity contribution in [2.75, 3.05) is 6.16 Å². The van der Waals surface area contributed by atoms with Gasteiger partial charge in [-0.25, -0.2) is 0 Å². The van der Waals surface area contributed by atoms with Gasteiger partial charge in [-0.2, -0.15) is 0 Å². The number of hydrogen-bond acceptors (Lipinski definition) is 1. The first-order chi connectivity index (χ1) is 14.6. The summed E-state index contributed by atoms with van der Waals surface area (Å²) in [6.45, 7) is 0. The van der Waals surface area contributed by atoms with Crippen molar-refractivity contribution in [2.45, 2.75) is 151 Å². The van der Waals surface area contributed by atoms with Gasteiger partial charge >= 0.3 is 0 Å². The van der Waals surface area contributed by atoms with Crippen LogP contribution < -0.4 is 0 Å². The second-order valence-electron chi connectivity index (χ2n) is 11.7. The lowest BCUT2D eigenvalue weighted by Gasteiger charge is -2.49. The third-order valence-corrected chi connectivity index (χ3v) is 15.7. The Kier molecular flexibility index (Phi) is 8.88. The van der Waals surface area contributed by atoms with Crippen LogP contribution in [-0.4, -0.2) is 22.6 Å². The Bertz CT molecular complexity index is 509. The molecule has 4 saturated carbocycles. The molecular formula is C27H50OP2. The molecule has 0 aromatic heterocycles. The zero-order chi connectivity index (χ0) is 20.9. The van der Waals surface area contributed by atoms with Crippen LogP contribution in [0.1, 0.15) is 135 Å². The Morgan fingerprint density at radius 2 is 0.900 bits per heavy atom. The monoisotopic (exact) mass is 452 g/mol. The topological polar surface area (TPSA) is 17.1 Å². The van der Waals surface area contributed by atoms with Crippen LogP contribution in [0.25, 0.3) is 0 Å². The van der Waals surface area contributed by atoms with Gasteiger partial charge in [-0.05, 0) is 74.8 Å². The zero-order valence-electron chi connectivity index (χ0n) is 19.8. The molecule has 0 N–H and O–H groups in total. The molecule has 4 aliphatic carbocycles. The van der Waals surface area contributed by atoms with Crippen molar-refractivity contribution in [1.29, 1.82) is 0 Å². The van der Waals surface area contributed by atoms with E-state index in [0.29, 0.717) is 16.5 Å². The molecule has 1 nitrogen and oxygen atoms in total. The summed E-state index contributed by atoms with van der Waals surface area (Å²) in [5.74, 6) is 1.76. The van der Waals surface area contributed by atoms with Gasteiger partial charge in [0.15, 0.2) is 0 Å². The fourth-order valence-electron chi connectivity index (χ4n) is 8.09. The number of hydrogen-bond donors (Lipinski definition) is 0. The quantitative estimate of drug-likeness (QED) is 0.352. The first-order valence-electron chi connectivity index (χ1n) is 14.0. The predicted octanol–water partition coefficient (Wildman–Crippen LogP) is 9.18. The van der Waals surface area contributed by atoms with E-state index in [1.54, 1.807) is 0 Å². The highest BCUT2D eigenvalue weighted by Gasteiger charge is 2.46. The summed E-state index contributed by atoms with van der Waals surface area (Å²) in [5, 5.41) is 0.389. The normalized spacial score (nSPS) is 27.4. The lowest BCUT2D eigenvalue weighted by Crippen LogP contribution is -2.43. The zero-order valence-corrected chi connectivity index (χ0v) is 21.8. The van der Waals surface area contributed by atoms with Crippen molar-refractivity contribution in [3.63, 3.8) is 0 Å². The van der Waals surface area contributed by atoms with Gasteiger partial charge in [-0.1, -0.05) is 77.0 Å². The van der Waals surface area contributed by atoms with Crippen LogP contribution in [-0.2, 0) is 4.57 Å². The van der Waals surface area contributed by atoms with E-state index in [4.69, 9.17) is 0 Å². The van der Waals surface area contributed by atoms with E-state index in [-0.39, 0.29) is 0 Å². The van der Waals surface area contributed by atoms with Crippen LogP contribution in [0.15, 0.2) is 0 Å². The van der Waals surface area contributed by atoms with Gasteiger partial charge in [0.2, 0.25) is 0 Å². The molecule has 0 spiro atoms. The minimum absolute atomic E-state index is 0.389. The maximum absolute atomic E-state index is 14.9. The van der Waals surface area contributed by atoms with Crippen molar-refractivity contribution < 1.29 is 4.57 Å². The second kappa shape index (κ2) is 11.2. The summed E-state index contributed by atoms with van der Waals surface area (Å²) in [4.78, 5) is 0. The van der Waals surface area contributed by atoms with Crippen molar-refractivity contribution in [1.82, 2.24) is 0 Å². The summed E-state index contributed by atoms with van der Waals surface area (Å²) in [7, 11) is 1.40. The molecular weight excluding hydrogens is 402 g/mol. The van der Waals surface area contributed by atoms with Gasteiger partial charge in [0.1, 0.15) is 0 Å². The molecule has 0 aliphatic heterocycles. The molecule has 174 valence electrons. The van der Waals surface area contributed by atoms with E-state index in [0.717, 1.165) is 18.0 Å². The van der Waals surface area contributed by atoms with E-state index in [9.17, 15) is 4.57 Å². The van der Waals surface area contributed by atoms with Gasteiger partial charge in [0, 0.05) is 17.5 Å². The molecule has 0 bridgehead atoms. The third-order valence-electron chi connectivity index (χ3n) is 10.0. The molecule has 0 heterocycles. The van der Waals surface area contributed by atoms with E-state index < -0.39 is 7.14 Å². The van der Waals surface area contributed by atoms with E-state index in [2.05, 4.69) is 9.24 Å². The van der Waals surface area contributed by atoms with Crippen LogP contribution in [0.5, 0.6) is 0 Å². The Morgan fingerprint density at radius 3 is 1.27 bits per heavy atom. The SMILES string of the molecule is O=P(CCC(P)(C1CCCCC1)C1CCCCC1)(C1CCCCC1)C1CCCCC1. The Balaban J connectivity index is 1.54. The first-order valence-corrected chi connectivity index (χ1v) is 16.6. The fraction of sp³-hybridized carbons (Fsp3) is 1.00. The van der Waals surface area contributed by atoms with Gasteiger partial charge in [-0.3, -0.25) is 0 Å². The van der Waals surface area contributed by atoms with Crippen molar-refractivity contribution in [3.8, 4) is 0 Å². The average molecular weight is 453 g/mol. The largest absolute Gasteiger partial charge is 0.323 e. The molecule has 0 aromatic carbocycles. The molecule has 30 heavy (non-hydrogen) atoms. The average Bonchev–Trinajstić information content (AvgIpc) is 2.84. The third kappa shape index (κ3) is 5.41. The second-order valence-corrected chi connectivity index (χ2v) is 16.4. The summed E-state index contributed by atoms with van der Waals surface area (Å²) in [6, 6.07) is 0. The number of rotatable bonds is 7. The molecule has 0 amide bonds. The van der Waals surface area contributed by atoms with Gasteiger partial charge in [0.05, 0.1) is 7.14 Å². The van der Waals surface area contributed by atoms with E-state index in [1.807, 2.05) is 0 Å². The van der Waals surface area contributed by atoms with Crippen LogP contribution in [0, 0.1) is 11.8 Å². The lowest BCUT2D eigenvalue weighted by atomic mass is 9.68. The molecule has 0 radical (unpaired) electrons. The molecule has 4 aliphatic rings. The Labute approximate surface area is 190 Å². The molecule has 0 saturated heterocycles. The smallest absolute Gasteiger partial charge is 0.0936 e. The molecule has 0 aromatic rings. The maximum atomic E-state index is 14.9. The fourth-order valence-corrected chi connectivity index (χ4v) is 13.7. The lowest BCUT2D eigenvalue weighted by molar-refractivity contribution is 0.170. The standard InChI is InChI=1S/C27H50OP2/c28-30(25-17-9-3-10-18-25,26-19-11-4-12-20-26)22-21-27(29,23-13-5-1-6-14-23)24-15-7-2-8-16-24/h23-26H,1-22,29H2. The highest BCUT2D eigenvalue weighted by molar-refractivity contribution is 7.65. The summed E-state index contributed by atoms with van der Waals surface area (Å²) in [5.41, 5.74) is 1.17. The maximum Gasteiger partial charge on any atom is 0.0936 e. The van der Waals surface area contributed by atoms with Crippen LogP contribution >= 0.6 is 16.4 Å². The summed E-state index contributed by atoms with van der Waals surface area (Å²) >= 11 is 0. The van der Waals surface area contributed by atoms with Crippen LogP contribution in [0.4, 0.5) is 0 Å². The molecule has 4 fully saturated rings. The van der Waals surface area contributed by atoms with Crippen LogP contribution in [0.2, 0.25) is 0 Å². The van der Waals surface area contributed by atoms with Crippen molar-refractivity contribution in [3.05, 3.63) is 0 Å². The van der Waals surface area contributed by atoms with E-state index >= 15 is 0 Å². The van der Waals surface area contributed by atoms with Gasteiger partial charge < -0.3 is 4.57 Å². The Morgan fingerprint density at radius 1 is 0.567 bits per heavy atom.